The van der Waals surface area contributed by atoms with Crippen molar-refractivity contribution in [1.29, 1.82) is 0 Å². The van der Waals surface area contributed by atoms with Crippen LogP contribution in [0.5, 0.6) is 0 Å². The van der Waals surface area contributed by atoms with Gasteiger partial charge in [0.2, 0.25) is 17.7 Å². The molecule has 8 heteroatoms. The molecule has 3 heterocycles. The van der Waals surface area contributed by atoms with Gasteiger partial charge in [0.05, 0.1) is 30.1 Å². The molecule has 3 fully saturated rings. The second kappa shape index (κ2) is 9.75. The van der Waals surface area contributed by atoms with Crippen molar-refractivity contribution in [1.82, 2.24) is 15.5 Å². The van der Waals surface area contributed by atoms with Crippen LogP contribution in [0, 0.1) is 17.8 Å². The number of benzene rings is 2. The van der Waals surface area contributed by atoms with Gasteiger partial charge in [0.15, 0.2) is 0 Å². The molecule has 2 aromatic rings. The van der Waals surface area contributed by atoms with Crippen LogP contribution in [0.1, 0.15) is 58.2 Å². The maximum atomic E-state index is 14.4. The number of carbonyl (C=O) groups excluding carboxylic acids is 3. The van der Waals surface area contributed by atoms with E-state index in [1.165, 1.54) is 4.90 Å². The van der Waals surface area contributed by atoms with E-state index in [4.69, 9.17) is 4.74 Å². The molecule has 3 aliphatic rings. The molecule has 3 unspecified atom stereocenters. The number of aliphatic hydroxyl groups excluding tert-OH is 1. The number of aliphatic hydroxyl groups is 1. The van der Waals surface area contributed by atoms with Gasteiger partial charge in [0, 0.05) is 12.1 Å². The molecule has 3 N–H and O–H groups in total. The first kappa shape index (κ1) is 27.3. The predicted molar refractivity (Wildman–Crippen MR) is 146 cm³/mol. The number of carbonyl (C=O) groups is 3. The van der Waals surface area contributed by atoms with Crippen molar-refractivity contribution in [3.05, 3.63) is 71.8 Å². The summed E-state index contributed by atoms with van der Waals surface area (Å²) in [5.74, 6) is -2.61. The SMILES string of the molecule is CC1CC23O[C@]1(C)[C@@H](C(=O)NCc1ccccc1)[C@H]2C(=O)N([C@H](CO)c1ccccc1)C3C(=O)NC(C)(C)C. The van der Waals surface area contributed by atoms with Crippen LogP contribution in [0.4, 0.5) is 0 Å². The van der Waals surface area contributed by atoms with Gasteiger partial charge in [-0.2, -0.15) is 0 Å². The summed E-state index contributed by atoms with van der Waals surface area (Å²) in [6.45, 7) is 9.55. The van der Waals surface area contributed by atoms with Crippen LogP contribution < -0.4 is 10.6 Å². The fraction of sp³-hybridized carbons (Fsp3) is 0.516. The minimum absolute atomic E-state index is 0.0665. The molecule has 0 aliphatic carbocycles. The lowest BCUT2D eigenvalue weighted by Gasteiger charge is -2.38. The summed E-state index contributed by atoms with van der Waals surface area (Å²) in [5, 5.41) is 16.7. The van der Waals surface area contributed by atoms with Gasteiger partial charge in [0.1, 0.15) is 11.6 Å². The Morgan fingerprint density at radius 3 is 2.28 bits per heavy atom. The highest BCUT2D eigenvalue weighted by Crippen LogP contribution is 2.66. The molecule has 2 bridgehead atoms. The lowest BCUT2D eigenvalue weighted by molar-refractivity contribution is -0.151. The van der Waals surface area contributed by atoms with E-state index in [1.807, 2.05) is 95.3 Å². The van der Waals surface area contributed by atoms with E-state index >= 15 is 0 Å². The Morgan fingerprint density at radius 1 is 1.08 bits per heavy atom. The van der Waals surface area contributed by atoms with E-state index in [9.17, 15) is 19.5 Å². The van der Waals surface area contributed by atoms with Crippen LogP contribution >= 0.6 is 0 Å². The van der Waals surface area contributed by atoms with Crippen LogP contribution in [-0.4, -0.2) is 57.1 Å². The predicted octanol–water partition coefficient (Wildman–Crippen LogP) is 2.96. The fourth-order valence-electron chi connectivity index (χ4n) is 7.07. The molecular weight excluding hydrogens is 494 g/mol. The number of amides is 3. The first-order chi connectivity index (χ1) is 18.4. The van der Waals surface area contributed by atoms with Gasteiger partial charge in [-0.3, -0.25) is 14.4 Å². The molecule has 39 heavy (non-hydrogen) atoms. The topological polar surface area (TPSA) is 108 Å². The summed E-state index contributed by atoms with van der Waals surface area (Å²) in [6.07, 6.45) is 0.466. The van der Waals surface area contributed by atoms with Crippen LogP contribution in [0.15, 0.2) is 60.7 Å². The average Bonchev–Trinajstić information content (AvgIpc) is 3.40. The number of likely N-dealkylation sites (tertiary alicyclic amines) is 1. The molecule has 8 nitrogen and oxygen atoms in total. The molecule has 0 aromatic heterocycles. The summed E-state index contributed by atoms with van der Waals surface area (Å²) in [7, 11) is 0. The Hall–Kier alpha value is -3.23. The van der Waals surface area contributed by atoms with E-state index in [0.29, 0.717) is 13.0 Å². The molecule has 5 rings (SSSR count). The Bertz CT molecular complexity index is 1250. The number of nitrogens with zero attached hydrogens (tertiary/aromatic N) is 1. The van der Waals surface area contributed by atoms with Crippen molar-refractivity contribution in [3.8, 4) is 0 Å². The van der Waals surface area contributed by atoms with E-state index in [-0.39, 0.29) is 30.2 Å². The number of rotatable bonds is 7. The maximum absolute atomic E-state index is 14.4. The van der Waals surface area contributed by atoms with Crippen LogP contribution in [0.3, 0.4) is 0 Å². The highest BCUT2D eigenvalue weighted by Gasteiger charge is 2.80. The number of hydrogen-bond acceptors (Lipinski definition) is 5. The quantitative estimate of drug-likeness (QED) is 0.507. The molecule has 0 saturated carbocycles. The van der Waals surface area contributed by atoms with Crippen molar-refractivity contribution < 1.29 is 24.2 Å². The number of hydrogen-bond donors (Lipinski definition) is 3. The summed E-state index contributed by atoms with van der Waals surface area (Å²) < 4.78 is 6.78. The third-order valence-corrected chi connectivity index (χ3v) is 8.78. The second-order valence-corrected chi connectivity index (χ2v) is 12.5. The molecular formula is C31H39N3O5. The largest absolute Gasteiger partial charge is 0.394 e. The normalized spacial score (nSPS) is 32.2. The molecule has 0 radical (unpaired) electrons. The van der Waals surface area contributed by atoms with Crippen molar-refractivity contribution in [3.63, 3.8) is 0 Å². The Balaban J connectivity index is 1.57. The maximum Gasteiger partial charge on any atom is 0.246 e. The van der Waals surface area contributed by atoms with E-state index in [0.717, 1.165) is 11.1 Å². The molecule has 2 aromatic carbocycles. The van der Waals surface area contributed by atoms with E-state index in [2.05, 4.69) is 10.6 Å². The number of ether oxygens (including phenoxy) is 1. The van der Waals surface area contributed by atoms with Gasteiger partial charge in [-0.25, -0.2) is 0 Å². The van der Waals surface area contributed by atoms with Crippen LogP contribution in [0.25, 0.3) is 0 Å². The number of nitrogens with one attached hydrogen (secondary N) is 2. The van der Waals surface area contributed by atoms with Gasteiger partial charge in [-0.15, -0.1) is 0 Å². The van der Waals surface area contributed by atoms with E-state index in [1.54, 1.807) is 0 Å². The van der Waals surface area contributed by atoms with Crippen LogP contribution in [0.2, 0.25) is 0 Å². The molecule has 208 valence electrons. The zero-order chi connectivity index (χ0) is 28.2. The van der Waals surface area contributed by atoms with Crippen LogP contribution in [-0.2, 0) is 25.7 Å². The zero-order valence-corrected chi connectivity index (χ0v) is 23.3. The highest BCUT2D eigenvalue weighted by molar-refractivity contribution is 5.99. The first-order valence-corrected chi connectivity index (χ1v) is 13.7. The Labute approximate surface area is 230 Å². The molecule has 3 saturated heterocycles. The standard InChI is InChI=1S/C31H39N3O5/c1-19-16-31-24(23(30(19,5)39-31)26(36)32-17-20-12-8-6-9-13-20)28(38)34(25(31)27(37)33-29(2,3)4)22(18-35)21-14-10-7-11-15-21/h6-15,19,22-25,35H,16-18H2,1-5H3,(H,32,36)(H,33,37)/t19?,22-,23-,24+,25?,30+,31?/m1/s1. The molecule has 3 aliphatic heterocycles. The highest BCUT2D eigenvalue weighted by atomic mass is 16.5. The lowest BCUT2D eigenvalue weighted by atomic mass is 9.62. The summed E-state index contributed by atoms with van der Waals surface area (Å²) >= 11 is 0. The summed E-state index contributed by atoms with van der Waals surface area (Å²) in [6, 6.07) is 17.1. The second-order valence-electron chi connectivity index (χ2n) is 12.5. The Morgan fingerprint density at radius 2 is 1.69 bits per heavy atom. The van der Waals surface area contributed by atoms with Crippen molar-refractivity contribution in [2.75, 3.05) is 6.61 Å². The van der Waals surface area contributed by atoms with Gasteiger partial charge in [0.25, 0.3) is 0 Å². The minimum Gasteiger partial charge on any atom is -0.394 e. The fourth-order valence-corrected chi connectivity index (χ4v) is 7.07. The van der Waals surface area contributed by atoms with Crippen molar-refractivity contribution in [2.45, 2.75) is 76.4 Å². The van der Waals surface area contributed by atoms with Gasteiger partial charge in [-0.05, 0) is 51.2 Å². The smallest absolute Gasteiger partial charge is 0.246 e. The average molecular weight is 534 g/mol. The monoisotopic (exact) mass is 533 g/mol. The molecule has 7 atom stereocenters. The molecule has 1 spiro atoms. The van der Waals surface area contributed by atoms with E-state index < -0.39 is 40.7 Å². The number of fused-ring (bicyclic) bond motifs is 1. The third kappa shape index (κ3) is 4.43. The zero-order valence-electron chi connectivity index (χ0n) is 23.3. The lowest BCUT2D eigenvalue weighted by Crippen LogP contribution is -2.59. The minimum atomic E-state index is -1.18. The summed E-state index contributed by atoms with van der Waals surface area (Å²) in [5.41, 5.74) is -0.973. The first-order valence-electron chi connectivity index (χ1n) is 13.7. The Kier molecular flexibility index (Phi) is 6.84. The third-order valence-electron chi connectivity index (χ3n) is 8.78. The van der Waals surface area contributed by atoms with Gasteiger partial charge in [-0.1, -0.05) is 67.6 Å². The van der Waals surface area contributed by atoms with Crippen molar-refractivity contribution in [2.24, 2.45) is 17.8 Å². The van der Waals surface area contributed by atoms with Gasteiger partial charge >= 0.3 is 0 Å². The van der Waals surface area contributed by atoms with Crippen molar-refractivity contribution >= 4 is 17.7 Å². The molecule has 3 amide bonds. The summed E-state index contributed by atoms with van der Waals surface area (Å²) in [4.78, 5) is 43.8. The van der Waals surface area contributed by atoms with Gasteiger partial charge < -0.3 is 25.4 Å².